The van der Waals surface area contributed by atoms with Gasteiger partial charge in [-0.15, -0.1) is 0 Å². The van der Waals surface area contributed by atoms with Crippen molar-refractivity contribution in [2.75, 3.05) is 0 Å². The van der Waals surface area contributed by atoms with Crippen LogP contribution in [0.3, 0.4) is 0 Å². The number of carbonyl (C=O) groups is 3. The minimum Gasteiger partial charge on any atom is -0.489 e. The number of nitrogens with one attached hydrogen (secondary N) is 2. The van der Waals surface area contributed by atoms with Gasteiger partial charge in [0, 0.05) is 13.0 Å². The maximum atomic E-state index is 13.2. The Balaban J connectivity index is 0.000000900. The van der Waals surface area contributed by atoms with Gasteiger partial charge in [-0.3, -0.25) is 9.59 Å². The second kappa shape index (κ2) is 18.6. The SMILES string of the molecule is CCCCCCC(=O)N[C@H](C(=O)NCc1ccc(N=C(N)N)cc1)c1ccc(OCc2ccccc2)cc1.O=C(O)C(F)(F)F. The summed E-state index contributed by atoms with van der Waals surface area (Å²) in [6, 6.07) is 23.5. The molecule has 10 nitrogen and oxygen atoms in total. The van der Waals surface area contributed by atoms with Crippen LogP contribution in [0.1, 0.15) is 61.8 Å². The molecule has 0 aliphatic heterocycles. The second-order valence-corrected chi connectivity index (χ2v) is 9.88. The van der Waals surface area contributed by atoms with Crippen molar-refractivity contribution >= 4 is 29.4 Å². The highest BCUT2D eigenvalue weighted by Crippen LogP contribution is 2.21. The van der Waals surface area contributed by atoms with E-state index in [9.17, 15) is 22.8 Å². The van der Waals surface area contributed by atoms with Crippen LogP contribution < -0.4 is 26.8 Å². The lowest BCUT2D eigenvalue weighted by Crippen LogP contribution is -2.40. The summed E-state index contributed by atoms with van der Waals surface area (Å²) in [6.45, 7) is 2.87. The number of halogens is 3. The molecule has 0 saturated heterocycles. The molecule has 2 amide bonds. The van der Waals surface area contributed by atoms with Crippen LogP contribution in [0.15, 0.2) is 83.9 Å². The fraction of sp³-hybridized carbons (Fsp3) is 0.312. The first kappa shape index (κ1) is 36.1. The Morgan fingerprint density at radius 2 is 1.51 bits per heavy atom. The van der Waals surface area contributed by atoms with Gasteiger partial charge in [0.05, 0.1) is 5.69 Å². The number of amides is 2. The average molecular weight is 630 g/mol. The van der Waals surface area contributed by atoms with Gasteiger partial charge in [0.15, 0.2) is 5.96 Å². The molecular formula is C32H38F3N5O5. The number of guanidine groups is 1. The number of carbonyl (C=O) groups excluding carboxylic acids is 2. The minimum absolute atomic E-state index is 0.0178. The Kier molecular flexibility index (Phi) is 14.9. The lowest BCUT2D eigenvalue weighted by molar-refractivity contribution is -0.192. The molecule has 242 valence electrons. The number of nitrogens with zero attached hydrogens (tertiary/aromatic N) is 1. The molecule has 7 N–H and O–H groups in total. The molecule has 0 spiro atoms. The number of benzene rings is 3. The standard InChI is InChI=1S/C30H37N5O3.C2HF3O2/c1-2-3-4-8-11-27(36)35-28(29(37)33-20-22-12-16-25(17-13-22)34-30(31)32)24-14-18-26(19-15-24)38-21-23-9-6-5-7-10-23;3-2(4,5)1(6)7/h5-7,9-10,12-19,28H,2-4,8,11,20-21H2,1H3,(H,33,37)(H,35,36)(H4,31,32,34);(H,6,7)/t28-;/m0./s1. The summed E-state index contributed by atoms with van der Waals surface area (Å²) in [5.41, 5.74) is 14.1. The van der Waals surface area contributed by atoms with Crippen LogP contribution in [0, 0.1) is 0 Å². The van der Waals surface area contributed by atoms with Gasteiger partial charge in [0.1, 0.15) is 18.4 Å². The number of alkyl halides is 3. The van der Waals surface area contributed by atoms with Gasteiger partial charge in [0.25, 0.3) is 0 Å². The van der Waals surface area contributed by atoms with E-state index in [1.54, 1.807) is 12.1 Å². The van der Waals surface area contributed by atoms with Crippen molar-refractivity contribution < 1.29 is 37.4 Å². The zero-order chi connectivity index (χ0) is 33.2. The molecule has 3 rings (SSSR count). The Morgan fingerprint density at radius 1 is 0.889 bits per heavy atom. The maximum absolute atomic E-state index is 13.2. The van der Waals surface area contributed by atoms with Gasteiger partial charge in [-0.2, -0.15) is 13.2 Å². The van der Waals surface area contributed by atoms with Crippen molar-refractivity contribution in [1.82, 2.24) is 10.6 Å². The number of hydrogen-bond acceptors (Lipinski definition) is 5. The van der Waals surface area contributed by atoms with Crippen LogP contribution in [-0.2, 0) is 27.5 Å². The fourth-order valence-electron chi connectivity index (χ4n) is 3.87. The Morgan fingerprint density at radius 3 is 2.07 bits per heavy atom. The summed E-state index contributed by atoms with van der Waals surface area (Å²) in [6.07, 6.45) is -0.733. The number of carboxylic acid groups (broad SMARTS) is 1. The van der Waals surface area contributed by atoms with Crippen molar-refractivity contribution in [3.63, 3.8) is 0 Å². The molecule has 45 heavy (non-hydrogen) atoms. The zero-order valence-corrected chi connectivity index (χ0v) is 24.8. The molecule has 13 heteroatoms. The highest BCUT2D eigenvalue weighted by Gasteiger charge is 2.38. The van der Waals surface area contributed by atoms with E-state index >= 15 is 0 Å². The average Bonchev–Trinajstić information content (AvgIpc) is 3.01. The van der Waals surface area contributed by atoms with Crippen LogP contribution in [0.25, 0.3) is 0 Å². The van der Waals surface area contributed by atoms with Gasteiger partial charge in [-0.05, 0) is 47.4 Å². The van der Waals surface area contributed by atoms with E-state index in [2.05, 4.69) is 22.5 Å². The first-order chi connectivity index (χ1) is 21.4. The number of nitrogens with two attached hydrogens (primary N) is 2. The van der Waals surface area contributed by atoms with Crippen LogP contribution in [0.2, 0.25) is 0 Å². The number of carboxylic acids is 1. The molecule has 0 aromatic heterocycles. The van der Waals surface area contributed by atoms with Gasteiger partial charge < -0.3 is 31.9 Å². The first-order valence-electron chi connectivity index (χ1n) is 14.2. The first-order valence-corrected chi connectivity index (χ1v) is 14.2. The number of unbranched alkanes of at least 4 members (excludes halogenated alkanes) is 3. The topological polar surface area (TPSA) is 169 Å². The minimum atomic E-state index is -5.08. The molecule has 0 aliphatic carbocycles. The van der Waals surface area contributed by atoms with E-state index in [0.29, 0.717) is 36.6 Å². The maximum Gasteiger partial charge on any atom is 0.490 e. The molecule has 0 heterocycles. The number of aliphatic imine (C=N–C) groups is 1. The molecule has 3 aromatic rings. The van der Waals surface area contributed by atoms with E-state index in [1.165, 1.54) is 0 Å². The molecule has 0 bridgehead atoms. The number of rotatable bonds is 14. The third kappa shape index (κ3) is 14.3. The third-order valence-corrected chi connectivity index (χ3v) is 6.19. The summed E-state index contributed by atoms with van der Waals surface area (Å²) >= 11 is 0. The van der Waals surface area contributed by atoms with Crippen molar-refractivity contribution in [1.29, 1.82) is 0 Å². The van der Waals surface area contributed by atoms with Crippen molar-refractivity contribution in [2.24, 2.45) is 16.5 Å². The van der Waals surface area contributed by atoms with Gasteiger partial charge in [0.2, 0.25) is 11.8 Å². The van der Waals surface area contributed by atoms with Crippen LogP contribution >= 0.6 is 0 Å². The summed E-state index contributed by atoms with van der Waals surface area (Å²) in [5, 5.41) is 13.0. The number of aliphatic carboxylic acids is 1. The molecular weight excluding hydrogens is 591 g/mol. The quantitative estimate of drug-likeness (QED) is 0.0922. The van der Waals surface area contributed by atoms with E-state index in [4.69, 9.17) is 26.1 Å². The largest absolute Gasteiger partial charge is 0.490 e. The second-order valence-electron chi connectivity index (χ2n) is 9.88. The molecule has 0 aliphatic rings. The van der Waals surface area contributed by atoms with Crippen molar-refractivity contribution in [3.8, 4) is 5.75 Å². The summed E-state index contributed by atoms with van der Waals surface area (Å²) in [5.74, 6) is -2.53. The Hall–Kier alpha value is -5.07. The van der Waals surface area contributed by atoms with Crippen LogP contribution in [0.5, 0.6) is 5.75 Å². The van der Waals surface area contributed by atoms with E-state index < -0.39 is 18.2 Å². The van der Waals surface area contributed by atoms with Crippen LogP contribution in [-0.4, -0.2) is 35.0 Å². The van der Waals surface area contributed by atoms with Crippen molar-refractivity contribution in [2.45, 2.75) is 64.4 Å². The molecule has 1 atom stereocenters. The molecule has 3 aromatic carbocycles. The third-order valence-electron chi connectivity index (χ3n) is 6.19. The molecule has 0 fully saturated rings. The smallest absolute Gasteiger partial charge is 0.489 e. The fourth-order valence-corrected chi connectivity index (χ4v) is 3.87. The zero-order valence-electron chi connectivity index (χ0n) is 24.8. The van der Waals surface area contributed by atoms with E-state index in [0.717, 1.165) is 36.8 Å². The Bertz CT molecular complexity index is 1380. The van der Waals surface area contributed by atoms with E-state index in [1.807, 2.05) is 66.7 Å². The molecule has 0 radical (unpaired) electrons. The molecule has 0 unspecified atom stereocenters. The highest BCUT2D eigenvalue weighted by atomic mass is 19.4. The van der Waals surface area contributed by atoms with Gasteiger partial charge in [-0.1, -0.05) is 80.8 Å². The molecule has 0 saturated carbocycles. The predicted molar refractivity (Wildman–Crippen MR) is 164 cm³/mol. The number of hydrogen-bond donors (Lipinski definition) is 5. The van der Waals surface area contributed by atoms with Gasteiger partial charge >= 0.3 is 12.1 Å². The lowest BCUT2D eigenvalue weighted by atomic mass is 10.0. The van der Waals surface area contributed by atoms with Crippen molar-refractivity contribution in [3.05, 3.63) is 95.6 Å². The Labute approximate surface area is 259 Å². The summed E-state index contributed by atoms with van der Waals surface area (Å²) in [7, 11) is 0. The highest BCUT2D eigenvalue weighted by molar-refractivity contribution is 5.88. The monoisotopic (exact) mass is 629 g/mol. The van der Waals surface area contributed by atoms with Gasteiger partial charge in [-0.25, -0.2) is 9.79 Å². The normalized spacial score (nSPS) is 11.3. The summed E-state index contributed by atoms with van der Waals surface area (Å²) in [4.78, 5) is 38.8. The summed E-state index contributed by atoms with van der Waals surface area (Å²) < 4.78 is 37.6. The van der Waals surface area contributed by atoms with E-state index in [-0.39, 0.29) is 17.8 Å². The van der Waals surface area contributed by atoms with Crippen LogP contribution in [0.4, 0.5) is 18.9 Å². The number of ether oxygens (including phenoxy) is 1. The predicted octanol–water partition coefficient (Wildman–Crippen LogP) is 5.25. The lowest BCUT2D eigenvalue weighted by Gasteiger charge is -2.19.